The molecule has 5 heteroatoms. The molecule has 3 rings (SSSR count). The fourth-order valence-corrected chi connectivity index (χ4v) is 2.93. The molecule has 1 atom stereocenters. The lowest BCUT2D eigenvalue weighted by Gasteiger charge is -2.23. The predicted octanol–water partition coefficient (Wildman–Crippen LogP) is 3.37. The first kappa shape index (κ1) is 13.9. The van der Waals surface area contributed by atoms with Crippen molar-refractivity contribution in [2.75, 3.05) is 17.3 Å². The molecule has 0 fully saturated rings. The number of carbonyl (C=O) groups excluding carboxylic acids is 1. The van der Waals surface area contributed by atoms with Gasteiger partial charge in [-0.1, -0.05) is 29.8 Å². The molecule has 21 heavy (non-hydrogen) atoms. The van der Waals surface area contributed by atoms with Crippen LogP contribution in [0.25, 0.3) is 0 Å². The van der Waals surface area contributed by atoms with Crippen LogP contribution in [-0.4, -0.2) is 24.0 Å². The molecule has 1 aromatic heterocycles. The van der Waals surface area contributed by atoms with E-state index >= 15 is 0 Å². The minimum Gasteiger partial charge on any atom is -0.373 e. The number of carbonyl (C=O) groups is 1. The Bertz CT molecular complexity index is 702. The summed E-state index contributed by atoms with van der Waals surface area (Å²) in [6.07, 6.45) is 2.37. The van der Waals surface area contributed by atoms with Crippen molar-refractivity contribution in [1.29, 1.82) is 0 Å². The lowest BCUT2D eigenvalue weighted by molar-refractivity contribution is 0.0981. The van der Waals surface area contributed by atoms with Crippen molar-refractivity contribution in [1.82, 2.24) is 4.98 Å². The van der Waals surface area contributed by atoms with Crippen molar-refractivity contribution in [3.05, 3.63) is 52.7 Å². The summed E-state index contributed by atoms with van der Waals surface area (Å²) >= 11 is 6.16. The fraction of sp³-hybridized carbons (Fsp3) is 0.250. The Labute approximate surface area is 128 Å². The fourth-order valence-electron chi connectivity index (χ4n) is 2.74. The zero-order valence-electron chi connectivity index (χ0n) is 11.9. The van der Waals surface area contributed by atoms with Gasteiger partial charge in [0.2, 0.25) is 0 Å². The number of para-hydroxylation sites is 1. The third-order valence-corrected chi connectivity index (χ3v) is 4.07. The molecule has 108 valence electrons. The minimum absolute atomic E-state index is 0.0867. The predicted molar refractivity (Wildman–Crippen MR) is 85.2 cm³/mol. The van der Waals surface area contributed by atoms with E-state index in [0.29, 0.717) is 16.4 Å². The number of pyridine rings is 1. The number of anilines is 2. The van der Waals surface area contributed by atoms with Crippen LogP contribution in [-0.2, 0) is 6.42 Å². The van der Waals surface area contributed by atoms with Gasteiger partial charge >= 0.3 is 0 Å². The summed E-state index contributed by atoms with van der Waals surface area (Å²) in [6, 6.07) is 9.80. The lowest BCUT2D eigenvalue weighted by atomic mass is 10.1. The number of hydrogen-bond donors (Lipinski definition) is 1. The Hall–Kier alpha value is -2.07. The Morgan fingerprint density at radius 1 is 1.43 bits per heavy atom. The quantitative estimate of drug-likeness (QED) is 0.925. The molecule has 0 bridgehead atoms. The molecule has 0 radical (unpaired) electrons. The first-order valence-corrected chi connectivity index (χ1v) is 7.24. The maximum absolute atomic E-state index is 12.9. The van der Waals surface area contributed by atoms with E-state index in [1.807, 2.05) is 30.0 Å². The van der Waals surface area contributed by atoms with Gasteiger partial charge in [0.25, 0.3) is 5.91 Å². The van der Waals surface area contributed by atoms with Gasteiger partial charge < -0.3 is 10.2 Å². The van der Waals surface area contributed by atoms with Gasteiger partial charge in [0, 0.05) is 25.0 Å². The second-order valence-corrected chi connectivity index (χ2v) is 5.56. The summed E-state index contributed by atoms with van der Waals surface area (Å²) < 4.78 is 0. The number of halogens is 1. The van der Waals surface area contributed by atoms with E-state index in [-0.39, 0.29) is 11.9 Å². The molecule has 0 saturated heterocycles. The standard InChI is InChI=1S/C16H16ClN3O/c1-10-7-11-5-3-4-6-14(11)20(10)16(21)12-8-15(18-2)19-9-13(12)17/h3-6,8-10H,7H2,1-2H3,(H,18,19). The second-order valence-electron chi connectivity index (χ2n) is 5.16. The third kappa shape index (κ3) is 2.36. The molecular formula is C16H16ClN3O. The maximum Gasteiger partial charge on any atom is 0.260 e. The van der Waals surface area contributed by atoms with E-state index in [2.05, 4.69) is 16.4 Å². The monoisotopic (exact) mass is 301 g/mol. The topological polar surface area (TPSA) is 45.2 Å². The van der Waals surface area contributed by atoms with Crippen LogP contribution in [0.1, 0.15) is 22.8 Å². The smallest absolute Gasteiger partial charge is 0.260 e. The first-order chi connectivity index (χ1) is 10.1. The second kappa shape index (κ2) is 5.37. The number of fused-ring (bicyclic) bond motifs is 1. The highest BCUT2D eigenvalue weighted by atomic mass is 35.5. The Kier molecular flexibility index (Phi) is 3.55. The summed E-state index contributed by atoms with van der Waals surface area (Å²) in [5, 5.41) is 3.30. The highest BCUT2D eigenvalue weighted by Crippen LogP contribution is 2.34. The van der Waals surface area contributed by atoms with Gasteiger partial charge in [0.1, 0.15) is 5.82 Å². The number of amides is 1. The number of benzene rings is 1. The molecule has 0 aliphatic carbocycles. The van der Waals surface area contributed by atoms with Crippen LogP contribution in [0.4, 0.5) is 11.5 Å². The number of nitrogens with zero attached hydrogens (tertiary/aromatic N) is 2. The van der Waals surface area contributed by atoms with Crippen molar-refractivity contribution >= 4 is 29.0 Å². The van der Waals surface area contributed by atoms with Crippen molar-refractivity contribution in [3.63, 3.8) is 0 Å². The average molecular weight is 302 g/mol. The maximum atomic E-state index is 12.9. The lowest BCUT2D eigenvalue weighted by Crippen LogP contribution is -2.36. The largest absolute Gasteiger partial charge is 0.373 e. The number of hydrogen-bond acceptors (Lipinski definition) is 3. The summed E-state index contributed by atoms with van der Waals surface area (Å²) in [5.74, 6) is 0.541. The van der Waals surface area contributed by atoms with Gasteiger partial charge in [0.05, 0.1) is 10.6 Å². The van der Waals surface area contributed by atoms with Crippen molar-refractivity contribution in [2.24, 2.45) is 0 Å². The number of rotatable bonds is 2. The summed E-state index contributed by atoms with van der Waals surface area (Å²) in [4.78, 5) is 18.8. The van der Waals surface area contributed by atoms with Crippen LogP contribution < -0.4 is 10.2 Å². The van der Waals surface area contributed by atoms with E-state index in [0.717, 1.165) is 12.1 Å². The molecule has 1 aromatic carbocycles. The number of nitrogens with one attached hydrogen (secondary N) is 1. The van der Waals surface area contributed by atoms with E-state index in [1.165, 1.54) is 11.8 Å². The zero-order chi connectivity index (χ0) is 15.0. The Balaban J connectivity index is 2.03. The van der Waals surface area contributed by atoms with Crippen molar-refractivity contribution < 1.29 is 4.79 Å². The van der Waals surface area contributed by atoms with Crippen LogP contribution >= 0.6 is 11.6 Å². The minimum atomic E-state index is -0.0867. The van der Waals surface area contributed by atoms with Crippen LogP contribution in [0.3, 0.4) is 0 Å². The SMILES string of the molecule is CNc1cc(C(=O)N2c3ccccc3CC2C)c(Cl)cn1. The first-order valence-electron chi connectivity index (χ1n) is 6.86. The van der Waals surface area contributed by atoms with Gasteiger partial charge in [-0.2, -0.15) is 0 Å². The molecule has 1 N–H and O–H groups in total. The number of aromatic nitrogens is 1. The van der Waals surface area contributed by atoms with Crippen LogP contribution in [0, 0.1) is 0 Å². The highest BCUT2D eigenvalue weighted by molar-refractivity contribution is 6.34. The van der Waals surface area contributed by atoms with E-state index in [4.69, 9.17) is 11.6 Å². The average Bonchev–Trinajstić information content (AvgIpc) is 2.83. The summed E-state index contributed by atoms with van der Waals surface area (Å²) in [7, 11) is 1.76. The van der Waals surface area contributed by atoms with Gasteiger partial charge in [-0.3, -0.25) is 4.79 Å². The van der Waals surface area contributed by atoms with Crippen molar-refractivity contribution in [2.45, 2.75) is 19.4 Å². The molecule has 2 aromatic rings. The Morgan fingerprint density at radius 2 is 2.19 bits per heavy atom. The molecule has 0 spiro atoms. The summed E-state index contributed by atoms with van der Waals surface area (Å²) in [6.45, 7) is 2.05. The van der Waals surface area contributed by atoms with Crippen LogP contribution in [0.15, 0.2) is 36.5 Å². The van der Waals surface area contributed by atoms with Gasteiger partial charge in [-0.05, 0) is 31.0 Å². The third-order valence-electron chi connectivity index (χ3n) is 3.77. The van der Waals surface area contributed by atoms with Gasteiger partial charge in [-0.15, -0.1) is 0 Å². The van der Waals surface area contributed by atoms with Gasteiger partial charge in [0.15, 0.2) is 0 Å². The van der Waals surface area contributed by atoms with E-state index in [1.54, 1.807) is 13.1 Å². The van der Waals surface area contributed by atoms with Crippen molar-refractivity contribution in [3.8, 4) is 0 Å². The molecule has 2 heterocycles. The van der Waals surface area contributed by atoms with E-state index in [9.17, 15) is 4.79 Å². The highest BCUT2D eigenvalue weighted by Gasteiger charge is 2.32. The molecular weight excluding hydrogens is 286 g/mol. The zero-order valence-corrected chi connectivity index (χ0v) is 12.7. The Morgan fingerprint density at radius 3 is 2.95 bits per heavy atom. The van der Waals surface area contributed by atoms with Crippen LogP contribution in [0.2, 0.25) is 5.02 Å². The molecule has 1 aliphatic heterocycles. The normalized spacial score (nSPS) is 16.7. The molecule has 1 unspecified atom stereocenters. The molecule has 1 amide bonds. The molecule has 4 nitrogen and oxygen atoms in total. The van der Waals surface area contributed by atoms with Gasteiger partial charge in [-0.25, -0.2) is 4.98 Å². The van der Waals surface area contributed by atoms with E-state index < -0.39 is 0 Å². The molecule has 0 saturated carbocycles. The van der Waals surface area contributed by atoms with Crippen LogP contribution in [0.5, 0.6) is 0 Å². The summed E-state index contributed by atoms with van der Waals surface area (Å²) in [5.41, 5.74) is 2.63. The molecule has 1 aliphatic rings.